The first-order valence-corrected chi connectivity index (χ1v) is 6.14. The summed E-state index contributed by atoms with van der Waals surface area (Å²) in [5.41, 5.74) is 7.19. The molecular formula is C14H20N2O2. The van der Waals surface area contributed by atoms with Gasteiger partial charge in [-0.25, -0.2) is 0 Å². The predicted octanol–water partition coefficient (Wildman–Crippen LogP) is 1.64. The van der Waals surface area contributed by atoms with Gasteiger partial charge in [0, 0.05) is 12.2 Å². The van der Waals surface area contributed by atoms with Crippen molar-refractivity contribution in [3.8, 4) is 0 Å². The molecule has 1 rings (SSSR count). The average Bonchev–Trinajstić information content (AvgIpc) is 2.31. The molecule has 18 heavy (non-hydrogen) atoms. The minimum atomic E-state index is -0.0168. The first kappa shape index (κ1) is 14.2. The maximum Gasteiger partial charge on any atom is 0.227 e. The van der Waals surface area contributed by atoms with Gasteiger partial charge < -0.3 is 10.6 Å². The molecule has 1 amide bonds. The lowest BCUT2D eigenvalue weighted by atomic mass is 10.1. The largest absolute Gasteiger partial charge is 0.399 e. The number of nitrogens with zero attached hydrogens (tertiary/aromatic N) is 1. The van der Waals surface area contributed by atoms with E-state index in [1.165, 1.54) is 6.92 Å². The number of carbonyl (C=O) groups is 2. The third-order valence-corrected chi connectivity index (χ3v) is 2.59. The zero-order valence-corrected chi connectivity index (χ0v) is 11.0. The Morgan fingerprint density at radius 1 is 1.22 bits per heavy atom. The van der Waals surface area contributed by atoms with Gasteiger partial charge in [0.2, 0.25) is 5.91 Å². The molecule has 1 aromatic rings. The summed E-state index contributed by atoms with van der Waals surface area (Å²) < 4.78 is 0. The molecule has 4 heteroatoms. The highest BCUT2D eigenvalue weighted by atomic mass is 16.2. The molecule has 0 radical (unpaired) electrons. The minimum absolute atomic E-state index is 0.00843. The number of hydrogen-bond acceptors (Lipinski definition) is 3. The normalized spacial score (nSPS) is 10.1. The zero-order valence-electron chi connectivity index (χ0n) is 11.0. The number of amides is 1. The predicted molar refractivity (Wildman–Crippen MR) is 72.1 cm³/mol. The second-order valence-corrected chi connectivity index (χ2v) is 4.44. The molecule has 2 N–H and O–H groups in total. The van der Waals surface area contributed by atoms with Crippen LogP contribution in [0.1, 0.15) is 25.8 Å². The van der Waals surface area contributed by atoms with Gasteiger partial charge in [-0.3, -0.25) is 9.59 Å². The fourth-order valence-electron chi connectivity index (χ4n) is 1.75. The molecule has 0 atom stereocenters. The summed E-state index contributed by atoms with van der Waals surface area (Å²) in [6.45, 7) is 4.30. The van der Waals surface area contributed by atoms with Crippen LogP contribution in [0, 0.1) is 0 Å². The Morgan fingerprint density at radius 3 is 2.33 bits per heavy atom. The Labute approximate surface area is 108 Å². The van der Waals surface area contributed by atoms with E-state index < -0.39 is 0 Å². The molecule has 98 valence electrons. The van der Waals surface area contributed by atoms with Crippen molar-refractivity contribution in [1.29, 1.82) is 0 Å². The summed E-state index contributed by atoms with van der Waals surface area (Å²) in [5, 5.41) is 0. The van der Waals surface area contributed by atoms with Gasteiger partial charge in [0.1, 0.15) is 5.78 Å². The summed E-state index contributed by atoms with van der Waals surface area (Å²) in [4.78, 5) is 24.8. The third kappa shape index (κ3) is 4.57. The molecule has 0 aromatic heterocycles. The summed E-state index contributed by atoms with van der Waals surface area (Å²) in [6, 6.07) is 7.23. The van der Waals surface area contributed by atoms with E-state index in [-0.39, 0.29) is 18.2 Å². The van der Waals surface area contributed by atoms with Crippen molar-refractivity contribution >= 4 is 17.4 Å². The van der Waals surface area contributed by atoms with Gasteiger partial charge in [-0.05, 0) is 31.0 Å². The van der Waals surface area contributed by atoms with Crippen molar-refractivity contribution in [3.63, 3.8) is 0 Å². The van der Waals surface area contributed by atoms with Gasteiger partial charge >= 0.3 is 0 Å². The summed E-state index contributed by atoms with van der Waals surface area (Å²) in [5.74, 6) is -0.00840. The highest BCUT2D eigenvalue weighted by molar-refractivity contribution is 5.85. The molecule has 0 bridgehead atoms. The molecule has 0 aliphatic carbocycles. The van der Waals surface area contributed by atoms with Gasteiger partial charge in [0.15, 0.2) is 0 Å². The van der Waals surface area contributed by atoms with Crippen LogP contribution in [-0.2, 0) is 16.0 Å². The molecule has 0 saturated heterocycles. The summed E-state index contributed by atoms with van der Waals surface area (Å²) >= 11 is 0. The van der Waals surface area contributed by atoms with Gasteiger partial charge in [0.25, 0.3) is 0 Å². The fourth-order valence-corrected chi connectivity index (χ4v) is 1.75. The molecule has 1 aromatic carbocycles. The number of nitrogens with two attached hydrogens (primary N) is 1. The zero-order chi connectivity index (χ0) is 13.5. The number of rotatable bonds is 6. The molecule has 0 fully saturated rings. The van der Waals surface area contributed by atoms with Crippen molar-refractivity contribution in [3.05, 3.63) is 29.8 Å². The standard InChI is InChI=1S/C14H20N2O2/c1-3-8-16(10-11(2)17)14(18)9-12-4-6-13(15)7-5-12/h4-7H,3,8-10,15H2,1-2H3. The van der Waals surface area contributed by atoms with E-state index in [1.54, 1.807) is 17.0 Å². The number of anilines is 1. The number of benzene rings is 1. The Bertz CT molecular complexity index is 412. The Morgan fingerprint density at radius 2 is 1.83 bits per heavy atom. The summed E-state index contributed by atoms with van der Waals surface area (Å²) in [6.07, 6.45) is 1.16. The summed E-state index contributed by atoms with van der Waals surface area (Å²) in [7, 11) is 0. The fraction of sp³-hybridized carbons (Fsp3) is 0.429. The number of ketones is 1. The van der Waals surface area contributed by atoms with Crippen LogP contribution in [0.2, 0.25) is 0 Å². The molecule has 0 aliphatic rings. The van der Waals surface area contributed by atoms with Crippen LogP contribution in [0.5, 0.6) is 0 Å². The quantitative estimate of drug-likeness (QED) is 0.778. The van der Waals surface area contributed by atoms with Crippen LogP contribution >= 0.6 is 0 Å². The van der Waals surface area contributed by atoms with Crippen molar-refractivity contribution in [2.24, 2.45) is 0 Å². The van der Waals surface area contributed by atoms with E-state index in [9.17, 15) is 9.59 Å². The highest BCUT2D eigenvalue weighted by Crippen LogP contribution is 2.08. The first-order chi connectivity index (χ1) is 8.52. The third-order valence-electron chi connectivity index (χ3n) is 2.59. The molecule has 4 nitrogen and oxygen atoms in total. The maximum atomic E-state index is 12.1. The van der Waals surface area contributed by atoms with E-state index >= 15 is 0 Å². The second-order valence-electron chi connectivity index (χ2n) is 4.44. The lowest BCUT2D eigenvalue weighted by Crippen LogP contribution is -2.36. The topological polar surface area (TPSA) is 63.4 Å². The van der Waals surface area contributed by atoms with E-state index in [2.05, 4.69) is 0 Å². The van der Waals surface area contributed by atoms with Gasteiger partial charge in [0.05, 0.1) is 13.0 Å². The Kier molecular flexibility index (Phi) is 5.36. The number of hydrogen-bond donors (Lipinski definition) is 1. The van der Waals surface area contributed by atoms with Crippen LogP contribution in [0.3, 0.4) is 0 Å². The Balaban J connectivity index is 2.65. The smallest absolute Gasteiger partial charge is 0.227 e. The number of Topliss-reactive ketones (excluding diaryl/α,β-unsaturated/α-hetero) is 1. The van der Waals surface area contributed by atoms with Crippen LogP contribution < -0.4 is 5.73 Å². The van der Waals surface area contributed by atoms with E-state index in [0.29, 0.717) is 18.7 Å². The highest BCUT2D eigenvalue weighted by Gasteiger charge is 2.14. The monoisotopic (exact) mass is 248 g/mol. The average molecular weight is 248 g/mol. The van der Waals surface area contributed by atoms with E-state index in [1.807, 2.05) is 19.1 Å². The molecular weight excluding hydrogens is 228 g/mol. The van der Waals surface area contributed by atoms with Crippen molar-refractivity contribution in [1.82, 2.24) is 4.90 Å². The van der Waals surface area contributed by atoms with Crippen LogP contribution in [0.15, 0.2) is 24.3 Å². The van der Waals surface area contributed by atoms with E-state index in [4.69, 9.17) is 5.73 Å². The van der Waals surface area contributed by atoms with Crippen LogP contribution in [0.4, 0.5) is 5.69 Å². The van der Waals surface area contributed by atoms with Gasteiger partial charge in [-0.2, -0.15) is 0 Å². The molecule has 0 heterocycles. The van der Waals surface area contributed by atoms with Crippen LogP contribution in [-0.4, -0.2) is 29.7 Å². The first-order valence-electron chi connectivity index (χ1n) is 6.14. The molecule has 0 unspecified atom stereocenters. The van der Waals surface area contributed by atoms with Crippen LogP contribution in [0.25, 0.3) is 0 Å². The van der Waals surface area contributed by atoms with Crippen molar-refractivity contribution in [2.45, 2.75) is 26.7 Å². The van der Waals surface area contributed by atoms with Gasteiger partial charge in [-0.1, -0.05) is 19.1 Å². The van der Waals surface area contributed by atoms with Crippen molar-refractivity contribution in [2.75, 3.05) is 18.8 Å². The minimum Gasteiger partial charge on any atom is -0.399 e. The number of carbonyl (C=O) groups excluding carboxylic acids is 2. The van der Waals surface area contributed by atoms with E-state index in [0.717, 1.165) is 12.0 Å². The maximum absolute atomic E-state index is 12.1. The lowest BCUT2D eigenvalue weighted by molar-refractivity contribution is -0.134. The Hall–Kier alpha value is -1.84. The lowest BCUT2D eigenvalue weighted by Gasteiger charge is -2.20. The number of nitrogen functional groups attached to an aromatic ring is 1. The SMILES string of the molecule is CCCN(CC(C)=O)C(=O)Cc1ccc(N)cc1. The van der Waals surface area contributed by atoms with Gasteiger partial charge in [-0.15, -0.1) is 0 Å². The molecule has 0 aliphatic heterocycles. The molecule has 0 saturated carbocycles. The molecule has 0 spiro atoms. The second kappa shape index (κ2) is 6.79. The van der Waals surface area contributed by atoms with Crippen molar-refractivity contribution < 1.29 is 9.59 Å².